The lowest BCUT2D eigenvalue weighted by Gasteiger charge is -2.13. The highest BCUT2D eigenvalue weighted by molar-refractivity contribution is 6.24. The van der Waals surface area contributed by atoms with Crippen LogP contribution in [-0.2, 0) is 0 Å². The highest BCUT2D eigenvalue weighted by atomic mass is 14.8. The van der Waals surface area contributed by atoms with Crippen LogP contribution in [-0.4, -0.2) is 29.9 Å². The summed E-state index contributed by atoms with van der Waals surface area (Å²) in [5.41, 5.74) is 9.65. The fraction of sp³-hybridized carbons (Fsp3) is 0. The van der Waals surface area contributed by atoms with E-state index in [1.54, 1.807) is 24.8 Å². The molecule has 0 aliphatic carbocycles. The van der Waals surface area contributed by atoms with Crippen molar-refractivity contribution in [3.63, 3.8) is 0 Å². The average molecular weight is 713 g/mol. The van der Waals surface area contributed by atoms with E-state index in [1.165, 1.54) is 10.8 Å². The molecule has 0 spiro atoms. The first-order valence-electron chi connectivity index (χ1n) is 18.2. The van der Waals surface area contributed by atoms with Gasteiger partial charge in [-0.3, -0.25) is 19.9 Å². The molecule has 258 valence electrons. The Morgan fingerprint density at radius 2 is 0.643 bits per heavy atom. The van der Waals surface area contributed by atoms with Crippen LogP contribution in [0.25, 0.3) is 77.9 Å². The van der Waals surface area contributed by atoms with Crippen molar-refractivity contribution in [2.45, 2.75) is 0 Å². The molecule has 0 unspecified atom stereocenters. The van der Waals surface area contributed by atoms with Crippen LogP contribution in [0, 0.1) is 23.7 Å². The minimum Gasteiger partial charge on any atom is -0.255 e. The first-order chi connectivity index (χ1) is 27.7. The van der Waals surface area contributed by atoms with E-state index in [-0.39, 0.29) is 0 Å². The van der Waals surface area contributed by atoms with Crippen molar-refractivity contribution in [1.29, 1.82) is 0 Å². The predicted molar refractivity (Wildman–Crippen MR) is 224 cm³/mol. The standard InChI is InChI=1S/C50H28N6/c1-5-25-51-41(9-1)45-29-33(30-46(55-45)42-10-2-6-26-52-42)13-15-35-17-19-37-22-24-40-36(18-20-38-21-23-39(35)49(37)50(38)40)16-14-34-31-47(43-11-3-7-27-53-43)56-48(32-34)44-12-4-8-28-54-44/h1-12,17-32H. The lowest BCUT2D eigenvalue weighted by Crippen LogP contribution is -1.94. The molecule has 0 saturated carbocycles. The molecule has 0 aliphatic heterocycles. The number of hydrogen-bond acceptors (Lipinski definition) is 6. The first kappa shape index (κ1) is 32.6. The van der Waals surface area contributed by atoms with E-state index in [4.69, 9.17) is 9.97 Å². The summed E-state index contributed by atoms with van der Waals surface area (Å²) >= 11 is 0. The molecule has 0 aliphatic rings. The topological polar surface area (TPSA) is 77.3 Å². The van der Waals surface area contributed by atoms with E-state index in [1.807, 2.05) is 97.1 Å². The maximum absolute atomic E-state index is 4.90. The van der Waals surface area contributed by atoms with E-state index >= 15 is 0 Å². The summed E-state index contributed by atoms with van der Waals surface area (Å²) in [4.78, 5) is 28.0. The molecule has 0 saturated heterocycles. The van der Waals surface area contributed by atoms with Crippen molar-refractivity contribution in [2.24, 2.45) is 0 Å². The maximum Gasteiger partial charge on any atom is 0.0906 e. The summed E-state index contributed by atoms with van der Waals surface area (Å²) in [6.45, 7) is 0. The molecular formula is C50H28N6. The van der Waals surface area contributed by atoms with Gasteiger partial charge in [0.1, 0.15) is 0 Å². The van der Waals surface area contributed by atoms with Gasteiger partial charge in [0.2, 0.25) is 0 Å². The Hall–Kier alpha value is -8.06. The van der Waals surface area contributed by atoms with Gasteiger partial charge >= 0.3 is 0 Å². The number of nitrogens with zero attached hydrogens (tertiary/aromatic N) is 6. The molecule has 6 nitrogen and oxygen atoms in total. The molecular weight excluding hydrogens is 685 g/mol. The smallest absolute Gasteiger partial charge is 0.0906 e. The number of rotatable bonds is 4. The highest BCUT2D eigenvalue weighted by Crippen LogP contribution is 2.37. The summed E-state index contributed by atoms with van der Waals surface area (Å²) in [7, 11) is 0. The number of hydrogen-bond donors (Lipinski definition) is 0. The third kappa shape index (κ3) is 6.24. The number of aromatic nitrogens is 6. The summed E-state index contributed by atoms with van der Waals surface area (Å²) in [6, 6.07) is 48.5. The van der Waals surface area contributed by atoms with Crippen LogP contribution < -0.4 is 0 Å². The zero-order chi connectivity index (χ0) is 37.3. The zero-order valence-electron chi connectivity index (χ0n) is 29.8. The van der Waals surface area contributed by atoms with Crippen LogP contribution in [0.1, 0.15) is 22.3 Å². The van der Waals surface area contributed by atoms with Crippen molar-refractivity contribution in [1.82, 2.24) is 29.9 Å². The molecule has 4 aromatic carbocycles. The Kier molecular flexibility index (Phi) is 8.18. The van der Waals surface area contributed by atoms with Crippen LogP contribution in [0.15, 0.2) is 170 Å². The van der Waals surface area contributed by atoms with Gasteiger partial charge in [-0.25, -0.2) is 9.97 Å². The zero-order valence-corrected chi connectivity index (χ0v) is 29.8. The van der Waals surface area contributed by atoms with Gasteiger partial charge in [-0.1, -0.05) is 84.3 Å². The lowest BCUT2D eigenvalue weighted by atomic mass is 9.90. The molecule has 0 atom stereocenters. The van der Waals surface area contributed by atoms with Crippen molar-refractivity contribution < 1.29 is 0 Å². The summed E-state index contributed by atoms with van der Waals surface area (Å²) in [5.74, 6) is 13.9. The fourth-order valence-corrected chi connectivity index (χ4v) is 7.09. The predicted octanol–water partition coefficient (Wildman–Crippen LogP) is 10.4. The summed E-state index contributed by atoms with van der Waals surface area (Å²) in [5, 5.41) is 6.84. The van der Waals surface area contributed by atoms with Crippen LogP contribution >= 0.6 is 0 Å². The quantitative estimate of drug-likeness (QED) is 0.134. The molecule has 6 heteroatoms. The maximum atomic E-state index is 4.90. The number of benzene rings is 4. The average Bonchev–Trinajstić information content (AvgIpc) is 3.28. The van der Waals surface area contributed by atoms with E-state index in [0.29, 0.717) is 0 Å². The Morgan fingerprint density at radius 3 is 0.964 bits per heavy atom. The van der Waals surface area contributed by atoms with Crippen LogP contribution in [0.5, 0.6) is 0 Å². The summed E-state index contributed by atoms with van der Waals surface area (Å²) in [6.07, 6.45) is 7.09. The van der Waals surface area contributed by atoms with Crippen molar-refractivity contribution >= 4 is 32.3 Å². The molecule has 10 rings (SSSR count). The molecule has 0 bridgehead atoms. The van der Waals surface area contributed by atoms with E-state index in [0.717, 1.165) is 89.4 Å². The minimum absolute atomic E-state index is 0.745. The van der Waals surface area contributed by atoms with Crippen molar-refractivity contribution in [3.05, 3.63) is 193 Å². The van der Waals surface area contributed by atoms with Gasteiger partial charge < -0.3 is 0 Å². The Bertz CT molecular complexity index is 2850. The number of pyridine rings is 6. The van der Waals surface area contributed by atoms with Crippen molar-refractivity contribution in [3.8, 4) is 69.2 Å². The van der Waals surface area contributed by atoms with Crippen molar-refractivity contribution in [2.75, 3.05) is 0 Å². The molecule has 10 aromatic rings. The van der Waals surface area contributed by atoms with E-state index in [9.17, 15) is 0 Å². The second-order valence-corrected chi connectivity index (χ2v) is 13.3. The Balaban J connectivity index is 1.07. The second kappa shape index (κ2) is 14.1. The van der Waals surface area contributed by atoms with Gasteiger partial charge in [-0.2, -0.15) is 0 Å². The minimum atomic E-state index is 0.745. The van der Waals surface area contributed by atoms with Gasteiger partial charge in [0.25, 0.3) is 0 Å². The third-order valence-corrected chi connectivity index (χ3v) is 9.71. The monoisotopic (exact) mass is 712 g/mol. The lowest BCUT2D eigenvalue weighted by molar-refractivity contribution is 1.21. The van der Waals surface area contributed by atoms with Crippen LogP contribution in [0.3, 0.4) is 0 Å². The SMILES string of the molecule is C(#Cc1ccc2ccc3c(C#Cc4cc(-c5ccccn5)nc(-c5ccccn5)c4)ccc4ccc1c2c43)c1cc(-c2ccccn2)nc(-c2ccccn2)c1. The Labute approximate surface area is 323 Å². The largest absolute Gasteiger partial charge is 0.255 e. The highest BCUT2D eigenvalue weighted by Gasteiger charge is 2.14. The first-order valence-corrected chi connectivity index (χ1v) is 18.2. The van der Waals surface area contributed by atoms with Gasteiger partial charge in [-0.15, -0.1) is 0 Å². The van der Waals surface area contributed by atoms with Gasteiger partial charge in [0.15, 0.2) is 0 Å². The summed E-state index contributed by atoms with van der Waals surface area (Å²) < 4.78 is 0. The molecule has 0 amide bonds. The fourth-order valence-electron chi connectivity index (χ4n) is 7.09. The van der Waals surface area contributed by atoms with Gasteiger partial charge in [-0.05, 0) is 117 Å². The molecule has 0 N–H and O–H groups in total. The van der Waals surface area contributed by atoms with Crippen LogP contribution in [0.4, 0.5) is 0 Å². The third-order valence-electron chi connectivity index (χ3n) is 9.71. The Morgan fingerprint density at radius 1 is 0.304 bits per heavy atom. The van der Waals surface area contributed by atoms with Gasteiger partial charge in [0, 0.05) is 47.0 Å². The molecule has 6 aromatic heterocycles. The van der Waals surface area contributed by atoms with Crippen LogP contribution in [0.2, 0.25) is 0 Å². The van der Waals surface area contributed by atoms with E-state index < -0.39 is 0 Å². The molecule has 6 heterocycles. The van der Waals surface area contributed by atoms with Gasteiger partial charge in [0.05, 0.1) is 45.6 Å². The second-order valence-electron chi connectivity index (χ2n) is 13.3. The normalized spacial score (nSPS) is 10.9. The molecule has 0 fully saturated rings. The molecule has 56 heavy (non-hydrogen) atoms. The molecule has 0 radical (unpaired) electrons. The van der Waals surface area contributed by atoms with E-state index in [2.05, 4.69) is 92.1 Å².